The fourth-order valence-electron chi connectivity index (χ4n) is 2.69. The molecule has 0 atom stereocenters. The van der Waals surface area contributed by atoms with E-state index < -0.39 is 17.8 Å². The number of halogens is 6. The average molecular weight is 481 g/mol. The molecule has 0 fully saturated rings. The highest BCUT2D eigenvalue weighted by Crippen LogP contribution is 2.29. The van der Waals surface area contributed by atoms with Crippen LogP contribution >= 0.6 is 34.8 Å². The Bertz CT molecular complexity index is 1060. The quantitative estimate of drug-likeness (QED) is 0.511. The Hall–Kier alpha value is -2.23. The number of carbonyl (C=O) groups is 1. The van der Waals surface area contributed by atoms with Crippen LogP contribution in [0.15, 0.2) is 30.5 Å². The van der Waals surface area contributed by atoms with Gasteiger partial charge in [-0.3, -0.25) is 14.2 Å². The van der Waals surface area contributed by atoms with Crippen LogP contribution in [0.25, 0.3) is 0 Å². The van der Waals surface area contributed by atoms with Crippen LogP contribution in [0.1, 0.15) is 23.4 Å². The summed E-state index contributed by atoms with van der Waals surface area (Å²) in [5, 5.41) is 11.4. The summed E-state index contributed by atoms with van der Waals surface area (Å²) in [5.74, 6) is -0.348. The minimum absolute atomic E-state index is 0.0265. The Balaban J connectivity index is 1.63. The summed E-state index contributed by atoms with van der Waals surface area (Å²) in [4.78, 5) is 12.2. The number of aryl methyl sites for hydroxylation is 2. The highest BCUT2D eigenvalue weighted by atomic mass is 35.5. The van der Waals surface area contributed by atoms with Gasteiger partial charge in [-0.15, -0.1) is 0 Å². The standard InChI is InChI=1S/C18H15Cl3F3N5O/c1-10-7-15(18(22,23)24)26-29(10)6-5-16(30)25-17-14(21)9-28(27-17)8-11-12(19)3-2-4-13(11)20/h2-4,7,9H,5-6,8H2,1H3,(H,25,27,30). The lowest BCUT2D eigenvalue weighted by Gasteiger charge is -2.07. The van der Waals surface area contributed by atoms with Gasteiger partial charge in [-0.05, 0) is 25.1 Å². The monoisotopic (exact) mass is 479 g/mol. The molecule has 2 aromatic heterocycles. The summed E-state index contributed by atoms with van der Waals surface area (Å²) < 4.78 is 40.8. The third-order valence-corrected chi connectivity index (χ3v) is 5.16. The van der Waals surface area contributed by atoms with Crippen molar-refractivity contribution in [3.63, 3.8) is 0 Å². The Morgan fingerprint density at radius 2 is 1.80 bits per heavy atom. The second-order valence-corrected chi connectivity index (χ2v) is 7.64. The van der Waals surface area contributed by atoms with Crippen LogP contribution in [0.4, 0.5) is 19.0 Å². The van der Waals surface area contributed by atoms with Crippen molar-refractivity contribution < 1.29 is 18.0 Å². The lowest BCUT2D eigenvalue weighted by Crippen LogP contribution is -2.17. The molecule has 1 N–H and O–H groups in total. The van der Waals surface area contributed by atoms with Crippen molar-refractivity contribution in [2.24, 2.45) is 0 Å². The zero-order chi connectivity index (χ0) is 22.1. The van der Waals surface area contributed by atoms with Crippen molar-refractivity contribution in [1.29, 1.82) is 0 Å². The smallest absolute Gasteiger partial charge is 0.308 e. The lowest BCUT2D eigenvalue weighted by atomic mass is 10.2. The summed E-state index contributed by atoms with van der Waals surface area (Å²) in [6, 6.07) is 6.03. The fourth-order valence-corrected chi connectivity index (χ4v) is 3.40. The number of amides is 1. The first kappa shape index (κ1) is 22.5. The minimum atomic E-state index is -4.54. The molecule has 2 heterocycles. The van der Waals surface area contributed by atoms with Crippen LogP contribution in [-0.4, -0.2) is 25.5 Å². The number of hydrogen-bond donors (Lipinski definition) is 1. The van der Waals surface area contributed by atoms with Crippen LogP contribution in [0, 0.1) is 6.92 Å². The van der Waals surface area contributed by atoms with Crippen LogP contribution in [0.2, 0.25) is 15.1 Å². The number of benzene rings is 1. The number of hydrogen-bond acceptors (Lipinski definition) is 3. The predicted molar refractivity (Wildman–Crippen MR) is 108 cm³/mol. The Morgan fingerprint density at radius 3 is 2.40 bits per heavy atom. The molecule has 0 aliphatic heterocycles. The maximum absolute atomic E-state index is 12.7. The third kappa shape index (κ3) is 5.27. The molecule has 1 amide bonds. The number of anilines is 1. The van der Waals surface area contributed by atoms with Crippen LogP contribution in [0.3, 0.4) is 0 Å². The molecule has 12 heteroatoms. The topological polar surface area (TPSA) is 64.7 Å². The summed E-state index contributed by atoms with van der Waals surface area (Å²) in [5.41, 5.74) is -0.0537. The van der Waals surface area contributed by atoms with Crippen molar-refractivity contribution in [3.05, 3.63) is 62.5 Å². The molecule has 30 heavy (non-hydrogen) atoms. The molecule has 0 spiro atoms. The normalized spacial score (nSPS) is 11.7. The first-order valence-electron chi connectivity index (χ1n) is 8.62. The van der Waals surface area contributed by atoms with E-state index in [0.29, 0.717) is 21.3 Å². The van der Waals surface area contributed by atoms with Gasteiger partial charge in [0.1, 0.15) is 5.02 Å². The van der Waals surface area contributed by atoms with Gasteiger partial charge < -0.3 is 5.32 Å². The number of alkyl halides is 3. The van der Waals surface area contributed by atoms with Crippen molar-refractivity contribution in [2.45, 2.75) is 32.6 Å². The van der Waals surface area contributed by atoms with Gasteiger partial charge in [0.05, 0.1) is 6.54 Å². The van der Waals surface area contributed by atoms with Gasteiger partial charge in [0.25, 0.3) is 0 Å². The first-order valence-corrected chi connectivity index (χ1v) is 9.75. The molecule has 0 saturated carbocycles. The Labute approximate surface area is 184 Å². The molecule has 0 aliphatic rings. The Kier molecular flexibility index (Phi) is 6.64. The van der Waals surface area contributed by atoms with E-state index in [9.17, 15) is 18.0 Å². The second-order valence-electron chi connectivity index (χ2n) is 6.41. The number of nitrogens with one attached hydrogen (secondary N) is 1. The fraction of sp³-hybridized carbons (Fsp3) is 0.278. The molecule has 1 aromatic carbocycles. The third-order valence-electron chi connectivity index (χ3n) is 4.18. The highest BCUT2D eigenvalue weighted by Gasteiger charge is 2.34. The number of carbonyl (C=O) groups excluding carboxylic acids is 1. The minimum Gasteiger partial charge on any atom is -0.308 e. The molecular formula is C18H15Cl3F3N5O. The summed E-state index contributed by atoms with van der Waals surface area (Å²) >= 11 is 18.4. The van der Waals surface area contributed by atoms with E-state index in [1.165, 1.54) is 17.8 Å². The van der Waals surface area contributed by atoms with Crippen molar-refractivity contribution >= 4 is 46.5 Å². The number of nitrogens with zero attached hydrogens (tertiary/aromatic N) is 4. The molecular weight excluding hydrogens is 466 g/mol. The highest BCUT2D eigenvalue weighted by molar-refractivity contribution is 6.36. The molecule has 0 bridgehead atoms. The summed E-state index contributed by atoms with van der Waals surface area (Å²) in [6.07, 6.45) is -3.15. The maximum atomic E-state index is 12.7. The van der Waals surface area contributed by atoms with Gasteiger partial charge in [-0.2, -0.15) is 23.4 Å². The van der Waals surface area contributed by atoms with E-state index in [1.54, 1.807) is 18.2 Å². The first-order chi connectivity index (χ1) is 14.0. The molecule has 0 aliphatic carbocycles. The van der Waals surface area contributed by atoms with Crippen LogP contribution in [-0.2, 0) is 24.1 Å². The van der Waals surface area contributed by atoms with Gasteiger partial charge in [0.2, 0.25) is 5.91 Å². The molecule has 0 radical (unpaired) electrons. The zero-order valence-corrected chi connectivity index (χ0v) is 17.7. The summed E-state index contributed by atoms with van der Waals surface area (Å²) in [7, 11) is 0. The SMILES string of the molecule is Cc1cc(C(F)(F)F)nn1CCC(=O)Nc1nn(Cc2c(Cl)cccc2Cl)cc1Cl. The van der Waals surface area contributed by atoms with Gasteiger partial charge in [0, 0.05) is 40.5 Å². The molecule has 3 aromatic rings. The van der Waals surface area contributed by atoms with Crippen molar-refractivity contribution in [3.8, 4) is 0 Å². The van der Waals surface area contributed by atoms with Gasteiger partial charge in [-0.25, -0.2) is 0 Å². The van der Waals surface area contributed by atoms with Crippen molar-refractivity contribution in [2.75, 3.05) is 5.32 Å². The average Bonchev–Trinajstić information content (AvgIpc) is 3.19. The van der Waals surface area contributed by atoms with E-state index >= 15 is 0 Å². The summed E-state index contributed by atoms with van der Waals surface area (Å²) in [6.45, 7) is 1.70. The second kappa shape index (κ2) is 8.87. The number of aromatic nitrogens is 4. The van der Waals surface area contributed by atoms with Gasteiger partial charge in [0.15, 0.2) is 11.5 Å². The van der Waals surface area contributed by atoms with E-state index in [-0.39, 0.29) is 30.4 Å². The predicted octanol–water partition coefficient (Wildman–Crippen LogP) is 5.44. The van der Waals surface area contributed by atoms with E-state index in [1.807, 2.05) is 0 Å². The van der Waals surface area contributed by atoms with E-state index in [4.69, 9.17) is 34.8 Å². The van der Waals surface area contributed by atoms with Crippen LogP contribution in [0.5, 0.6) is 0 Å². The van der Waals surface area contributed by atoms with E-state index in [2.05, 4.69) is 15.5 Å². The van der Waals surface area contributed by atoms with Crippen molar-refractivity contribution in [1.82, 2.24) is 19.6 Å². The maximum Gasteiger partial charge on any atom is 0.435 e. The number of rotatable bonds is 6. The molecule has 3 rings (SSSR count). The largest absolute Gasteiger partial charge is 0.435 e. The zero-order valence-electron chi connectivity index (χ0n) is 15.5. The van der Waals surface area contributed by atoms with Gasteiger partial charge in [-0.1, -0.05) is 40.9 Å². The van der Waals surface area contributed by atoms with Gasteiger partial charge >= 0.3 is 6.18 Å². The van der Waals surface area contributed by atoms with Crippen LogP contribution < -0.4 is 5.32 Å². The lowest BCUT2D eigenvalue weighted by molar-refractivity contribution is -0.141. The molecule has 0 saturated heterocycles. The molecule has 160 valence electrons. The Morgan fingerprint density at radius 1 is 1.13 bits per heavy atom. The molecule has 6 nitrogen and oxygen atoms in total. The molecule has 0 unspecified atom stereocenters. The van der Waals surface area contributed by atoms with E-state index in [0.717, 1.165) is 10.7 Å².